The Labute approximate surface area is 220 Å². The van der Waals surface area contributed by atoms with Gasteiger partial charge in [0.2, 0.25) is 5.95 Å². The van der Waals surface area contributed by atoms with Crippen molar-refractivity contribution in [2.45, 2.75) is 63.6 Å². The maximum atomic E-state index is 14.1. The van der Waals surface area contributed by atoms with Crippen LogP contribution in [0.2, 0.25) is 5.02 Å². The maximum Gasteiger partial charge on any atom is 0.260 e. The summed E-state index contributed by atoms with van der Waals surface area (Å²) in [6.45, 7) is 1.90. The number of halogens is 1. The fourth-order valence-electron chi connectivity index (χ4n) is 5.25. The lowest BCUT2D eigenvalue weighted by molar-refractivity contribution is 0.300. The minimum Gasteiger partial charge on any atom is -0.351 e. The number of fused-ring (bicyclic) bond motifs is 1. The monoisotopic (exact) mass is 515 g/mol. The van der Waals surface area contributed by atoms with Crippen molar-refractivity contribution in [3.63, 3.8) is 0 Å². The van der Waals surface area contributed by atoms with Crippen LogP contribution in [0.4, 0.5) is 5.95 Å². The second-order valence-electron chi connectivity index (χ2n) is 10.2. The van der Waals surface area contributed by atoms with Gasteiger partial charge < -0.3 is 10.6 Å². The third-order valence-corrected chi connectivity index (χ3v) is 7.78. The topological polar surface area (TPSA) is 97.6 Å². The zero-order valence-electron chi connectivity index (χ0n) is 21.0. The van der Waals surface area contributed by atoms with Gasteiger partial charge in [0.05, 0.1) is 17.6 Å². The number of hydrogen-bond acceptors (Lipinski definition) is 7. The molecule has 2 N–H and O–H groups in total. The molecular formula is C28H30ClN7O. The smallest absolute Gasteiger partial charge is 0.260 e. The zero-order valence-corrected chi connectivity index (χ0v) is 21.8. The molecule has 2 saturated carbocycles. The summed E-state index contributed by atoms with van der Waals surface area (Å²) in [5.74, 6) is 0.585. The Morgan fingerprint density at radius 2 is 1.73 bits per heavy atom. The molecule has 6 rings (SSSR count). The van der Waals surface area contributed by atoms with Gasteiger partial charge >= 0.3 is 0 Å². The number of rotatable bonds is 6. The Hall–Kier alpha value is -3.36. The van der Waals surface area contributed by atoms with Gasteiger partial charge in [-0.25, -0.2) is 9.97 Å². The maximum absolute atomic E-state index is 14.1. The molecule has 190 valence electrons. The molecule has 2 aliphatic rings. The molecule has 0 spiro atoms. The van der Waals surface area contributed by atoms with Crippen molar-refractivity contribution < 1.29 is 0 Å². The fraction of sp³-hybridized carbons (Fsp3) is 0.393. The Morgan fingerprint density at radius 1 is 0.946 bits per heavy atom. The van der Waals surface area contributed by atoms with E-state index in [9.17, 15) is 4.79 Å². The average Bonchev–Trinajstić information content (AvgIpc) is 3.73. The predicted molar refractivity (Wildman–Crippen MR) is 147 cm³/mol. The van der Waals surface area contributed by atoms with Crippen LogP contribution in [0.25, 0.3) is 33.4 Å². The molecule has 3 aromatic heterocycles. The van der Waals surface area contributed by atoms with E-state index in [0.29, 0.717) is 39.8 Å². The van der Waals surface area contributed by atoms with E-state index in [1.54, 1.807) is 12.4 Å². The first-order valence-electron chi connectivity index (χ1n) is 12.9. The Bertz CT molecular complexity index is 1520. The Kier molecular flexibility index (Phi) is 6.38. The molecule has 0 saturated heterocycles. The number of anilines is 1. The standard InChI is InChI=1S/C28H30ClN7O/c1-16-13-31-15-25(33-16)17-3-10-22(24(29)12-17)23-11-18-14-32-28(34-20-4-5-20)35-26(18)36(27(23)37)21-8-6-19(30-2)7-9-21/h3,10-15,19-21,30H,4-9H2,1-2H3,(H,32,34,35). The van der Waals surface area contributed by atoms with E-state index in [4.69, 9.17) is 16.6 Å². The van der Waals surface area contributed by atoms with Gasteiger partial charge in [0.15, 0.2) is 0 Å². The lowest BCUT2D eigenvalue weighted by Gasteiger charge is -2.30. The molecule has 0 unspecified atom stereocenters. The van der Waals surface area contributed by atoms with Gasteiger partial charge in [-0.05, 0) is 64.6 Å². The molecule has 0 amide bonds. The predicted octanol–water partition coefficient (Wildman–Crippen LogP) is 5.15. The van der Waals surface area contributed by atoms with Gasteiger partial charge in [-0.1, -0.05) is 23.7 Å². The van der Waals surface area contributed by atoms with Gasteiger partial charge in [0, 0.05) is 57.6 Å². The van der Waals surface area contributed by atoms with Crippen LogP contribution in [0, 0.1) is 6.92 Å². The zero-order chi connectivity index (χ0) is 25.5. The lowest BCUT2D eigenvalue weighted by Crippen LogP contribution is -2.35. The minimum atomic E-state index is -0.0681. The van der Waals surface area contributed by atoms with E-state index in [1.165, 1.54) is 0 Å². The number of hydrogen-bond donors (Lipinski definition) is 2. The molecule has 4 aromatic rings. The molecule has 37 heavy (non-hydrogen) atoms. The summed E-state index contributed by atoms with van der Waals surface area (Å²) >= 11 is 6.80. The highest BCUT2D eigenvalue weighted by atomic mass is 35.5. The number of aromatic nitrogens is 5. The van der Waals surface area contributed by atoms with Gasteiger partial charge in [0.1, 0.15) is 5.65 Å². The van der Waals surface area contributed by atoms with Crippen molar-refractivity contribution in [3.05, 3.63) is 63.9 Å². The largest absolute Gasteiger partial charge is 0.351 e. The SMILES string of the molecule is CNC1CCC(n2c(=O)c(-c3ccc(-c4cncc(C)n4)cc3Cl)cc3cnc(NC4CC4)nc32)CC1. The van der Waals surface area contributed by atoms with E-state index in [-0.39, 0.29) is 11.6 Å². The van der Waals surface area contributed by atoms with Crippen molar-refractivity contribution in [2.24, 2.45) is 0 Å². The highest BCUT2D eigenvalue weighted by Gasteiger charge is 2.27. The summed E-state index contributed by atoms with van der Waals surface area (Å²) in [4.78, 5) is 32.3. The Balaban J connectivity index is 1.46. The number of nitrogens with zero attached hydrogens (tertiary/aromatic N) is 5. The third kappa shape index (κ3) is 4.83. The summed E-state index contributed by atoms with van der Waals surface area (Å²) in [7, 11) is 2.00. The second kappa shape index (κ2) is 9.84. The summed E-state index contributed by atoms with van der Waals surface area (Å²) < 4.78 is 1.90. The molecule has 9 heteroatoms. The van der Waals surface area contributed by atoms with Crippen LogP contribution in [0.15, 0.2) is 47.7 Å². The fourth-order valence-corrected chi connectivity index (χ4v) is 5.53. The minimum absolute atomic E-state index is 0.0681. The first kappa shape index (κ1) is 24.0. The summed E-state index contributed by atoms with van der Waals surface area (Å²) in [5.41, 5.74) is 4.30. The quantitative estimate of drug-likeness (QED) is 0.366. The van der Waals surface area contributed by atoms with Gasteiger partial charge in [0.25, 0.3) is 5.56 Å². The van der Waals surface area contributed by atoms with Crippen molar-refractivity contribution in [1.82, 2.24) is 29.8 Å². The molecule has 2 fully saturated rings. The van der Waals surface area contributed by atoms with Gasteiger partial charge in [-0.3, -0.25) is 14.3 Å². The van der Waals surface area contributed by atoms with Crippen molar-refractivity contribution in [3.8, 4) is 22.4 Å². The highest BCUT2D eigenvalue weighted by molar-refractivity contribution is 6.33. The number of benzene rings is 1. The van der Waals surface area contributed by atoms with E-state index in [0.717, 1.165) is 60.9 Å². The number of pyridine rings is 1. The third-order valence-electron chi connectivity index (χ3n) is 7.46. The van der Waals surface area contributed by atoms with Crippen molar-refractivity contribution in [1.29, 1.82) is 0 Å². The lowest BCUT2D eigenvalue weighted by atomic mass is 9.90. The molecule has 2 aliphatic carbocycles. The summed E-state index contributed by atoms with van der Waals surface area (Å²) in [6, 6.07) is 8.55. The average molecular weight is 516 g/mol. The molecule has 0 atom stereocenters. The van der Waals surface area contributed by atoms with E-state index in [1.807, 2.05) is 49.0 Å². The van der Waals surface area contributed by atoms with Gasteiger partial charge in [-0.2, -0.15) is 4.98 Å². The Morgan fingerprint density at radius 3 is 2.43 bits per heavy atom. The molecule has 0 radical (unpaired) electrons. The first-order valence-corrected chi connectivity index (χ1v) is 13.3. The van der Waals surface area contributed by atoms with Crippen LogP contribution in [0.5, 0.6) is 0 Å². The van der Waals surface area contributed by atoms with Crippen LogP contribution in [-0.4, -0.2) is 43.6 Å². The van der Waals surface area contributed by atoms with Crippen LogP contribution < -0.4 is 16.2 Å². The van der Waals surface area contributed by atoms with Crippen molar-refractivity contribution >= 4 is 28.6 Å². The molecule has 3 heterocycles. The van der Waals surface area contributed by atoms with Crippen LogP contribution in [-0.2, 0) is 0 Å². The van der Waals surface area contributed by atoms with E-state index >= 15 is 0 Å². The van der Waals surface area contributed by atoms with Crippen LogP contribution in [0.3, 0.4) is 0 Å². The first-order chi connectivity index (χ1) is 18.0. The van der Waals surface area contributed by atoms with Gasteiger partial charge in [-0.15, -0.1) is 0 Å². The normalized spacial score (nSPS) is 19.8. The van der Waals surface area contributed by atoms with E-state index < -0.39 is 0 Å². The molecule has 0 aliphatic heterocycles. The molecule has 1 aromatic carbocycles. The summed E-state index contributed by atoms with van der Waals surface area (Å²) in [6.07, 6.45) is 11.4. The second-order valence-corrected chi connectivity index (χ2v) is 10.6. The summed E-state index contributed by atoms with van der Waals surface area (Å²) in [5, 5.41) is 8.08. The number of nitrogens with one attached hydrogen (secondary N) is 2. The molecular weight excluding hydrogens is 486 g/mol. The van der Waals surface area contributed by atoms with Crippen LogP contribution >= 0.6 is 11.6 Å². The van der Waals surface area contributed by atoms with Crippen molar-refractivity contribution in [2.75, 3.05) is 12.4 Å². The number of aryl methyl sites for hydroxylation is 1. The van der Waals surface area contributed by atoms with E-state index in [2.05, 4.69) is 25.6 Å². The highest BCUT2D eigenvalue weighted by Crippen LogP contribution is 2.34. The van der Waals surface area contributed by atoms with Crippen LogP contribution in [0.1, 0.15) is 50.3 Å². The molecule has 8 nitrogen and oxygen atoms in total. The molecule has 0 bridgehead atoms.